The highest BCUT2D eigenvalue weighted by Crippen LogP contribution is 2.41. The second-order valence-corrected chi connectivity index (χ2v) is 6.83. The Morgan fingerprint density at radius 2 is 1.68 bits per heavy atom. The zero-order valence-corrected chi connectivity index (χ0v) is 16.3. The molecule has 0 amide bonds. The molecule has 0 radical (unpaired) electrons. The number of hydrogen-bond donors (Lipinski definition) is 1. The first-order valence-corrected chi connectivity index (χ1v) is 9.28. The second-order valence-electron chi connectivity index (χ2n) is 6.83. The van der Waals surface area contributed by atoms with E-state index in [0.29, 0.717) is 0 Å². The zero-order chi connectivity index (χ0) is 19.5. The van der Waals surface area contributed by atoms with E-state index in [-0.39, 0.29) is 12.1 Å². The average molecular weight is 376 g/mol. The highest BCUT2D eigenvalue weighted by Gasteiger charge is 2.30. The number of nitrogens with zero attached hydrogens (tertiary/aromatic N) is 1. The fourth-order valence-corrected chi connectivity index (χ4v) is 3.85. The molecule has 2 aromatic carbocycles. The quantitative estimate of drug-likeness (QED) is 0.727. The molecular weight excluding hydrogens is 352 g/mol. The number of methoxy groups -OCH3 is 3. The summed E-state index contributed by atoms with van der Waals surface area (Å²) in [5, 5.41) is 3.79. The molecule has 5 heteroatoms. The van der Waals surface area contributed by atoms with Crippen LogP contribution in [0.3, 0.4) is 0 Å². The Hall–Kier alpha value is -3.05. The molecule has 0 saturated carbocycles. The topological polar surface area (TPSA) is 52.6 Å². The van der Waals surface area contributed by atoms with Crippen molar-refractivity contribution in [1.29, 1.82) is 0 Å². The lowest BCUT2D eigenvalue weighted by atomic mass is 9.84. The molecule has 0 aliphatic carbocycles. The molecule has 1 aromatic heterocycles. The van der Waals surface area contributed by atoms with Gasteiger partial charge < -0.3 is 14.2 Å². The number of hydrogen-bond acceptors (Lipinski definition) is 5. The third kappa shape index (κ3) is 3.41. The molecule has 0 saturated heterocycles. The normalized spacial score (nSPS) is 18.2. The van der Waals surface area contributed by atoms with Crippen LogP contribution < -0.4 is 19.5 Å². The van der Waals surface area contributed by atoms with E-state index >= 15 is 0 Å². The van der Waals surface area contributed by atoms with Crippen LogP contribution in [0.2, 0.25) is 0 Å². The standard InChI is InChI=1S/C23H24N2O3/c1-26-18-8-4-6-15(10-18)23-19-13-22(28-3)21(27-2)12-17(19)11-20(25-23)16-7-5-9-24-14-16/h4-10,12-14,20,23,25H,11H2,1-3H3/t20-,23-/m0/s1. The number of ether oxygens (including phenoxy) is 3. The van der Waals surface area contributed by atoms with Crippen LogP contribution in [0.4, 0.5) is 0 Å². The maximum Gasteiger partial charge on any atom is 0.161 e. The average Bonchev–Trinajstić information content (AvgIpc) is 2.77. The van der Waals surface area contributed by atoms with Crippen molar-refractivity contribution in [2.75, 3.05) is 21.3 Å². The third-order valence-electron chi connectivity index (χ3n) is 5.26. The predicted octanol–water partition coefficient (Wildman–Crippen LogP) is 4.08. The van der Waals surface area contributed by atoms with E-state index in [1.807, 2.05) is 24.4 Å². The number of rotatable bonds is 5. The van der Waals surface area contributed by atoms with Gasteiger partial charge in [-0.1, -0.05) is 18.2 Å². The summed E-state index contributed by atoms with van der Waals surface area (Å²) in [6.07, 6.45) is 4.57. The maximum atomic E-state index is 5.56. The first kappa shape index (κ1) is 18.3. The van der Waals surface area contributed by atoms with Gasteiger partial charge in [0.2, 0.25) is 0 Å². The summed E-state index contributed by atoms with van der Waals surface area (Å²) < 4.78 is 16.5. The van der Waals surface area contributed by atoms with Crippen molar-refractivity contribution < 1.29 is 14.2 Å². The summed E-state index contributed by atoms with van der Waals surface area (Å²) in [4.78, 5) is 4.30. The molecule has 5 nitrogen and oxygen atoms in total. The van der Waals surface area contributed by atoms with E-state index in [4.69, 9.17) is 14.2 Å². The molecule has 0 unspecified atom stereocenters. The summed E-state index contributed by atoms with van der Waals surface area (Å²) in [6, 6.07) is 16.6. The summed E-state index contributed by atoms with van der Waals surface area (Å²) in [6.45, 7) is 0. The highest BCUT2D eigenvalue weighted by molar-refractivity contribution is 5.52. The van der Waals surface area contributed by atoms with E-state index in [0.717, 1.165) is 34.8 Å². The van der Waals surface area contributed by atoms with Crippen molar-refractivity contribution >= 4 is 0 Å². The fraction of sp³-hybridized carbons (Fsp3) is 0.261. The molecule has 4 rings (SSSR count). The third-order valence-corrected chi connectivity index (χ3v) is 5.26. The van der Waals surface area contributed by atoms with Gasteiger partial charge in [0.1, 0.15) is 5.75 Å². The van der Waals surface area contributed by atoms with Crippen molar-refractivity contribution in [2.45, 2.75) is 18.5 Å². The summed E-state index contributed by atoms with van der Waals surface area (Å²) >= 11 is 0. The lowest BCUT2D eigenvalue weighted by molar-refractivity contribution is 0.351. The van der Waals surface area contributed by atoms with Crippen LogP contribution >= 0.6 is 0 Å². The minimum Gasteiger partial charge on any atom is -0.497 e. The minimum absolute atomic E-state index is 0.00358. The van der Waals surface area contributed by atoms with Crippen LogP contribution in [0.1, 0.15) is 34.3 Å². The van der Waals surface area contributed by atoms with Gasteiger partial charge in [0, 0.05) is 18.4 Å². The van der Waals surface area contributed by atoms with E-state index in [1.54, 1.807) is 27.5 Å². The Bertz CT molecular complexity index is 959. The maximum absolute atomic E-state index is 5.56. The summed E-state index contributed by atoms with van der Waals surface area (Å²) in [5.41, 5.74) is 4.72. The van der Waals surface area contributed by atoms with Crippen LogP contribution in [-0.4, -0.2) is 26.3 Å². The summed E-state index contributed by atoms with van der Waals surface area (Å²) in [7, 11) is 5.02. The van der Waals surface area contributed by atoms with Gasteiger partial charge in [-0.3, -0.25) is 10.3 Å². The van der Waals surface area contributed by atoms with Gasteiger partial charge in [0.05, 0.1) is 27.4 Å². The number of nitrogens with one attached hydrogen (secondary N) is 1. The molecule has 2 atom stereocenters. The molecule has 28 heavy (non-hydrogen) atoms. The summed E-state index contributed by atoms with van der Waals surface area (Å²) in [5.74, 6) is 2.32. The Labute approximate surface area is 165 Å². The second kappa shape index (κ2) is 7.90. The van der Waals surface area contributed by atoms with Gasteiger partial charge >= 0.3 is 0 Å². The van der Waals surface area contributed by atoms with Gasteiger partial charge in [-0.05, 0) is 59.0 Å². The van der Waals surface area contributed by atoms with Gasteiger partial charge in [-0.2, -0.15) is 0 Å². The van der Waals surface area contributed by atoms with Crippen molar-refractivity contribution in [2.24, 2.45) is 0 Å². The highest BCUT2D eigenvalue weighted by atomic mass is 16.5. The number of benzene rings is 2. The minimum atomic E-state index is 0.00358. The van der Waals surface area contributed by atoms with E-state index in [1.165, 1.54) is 11.1 Å². The zero-order valence-electron chi connectivity index (χ0n) is 16.3. The molecule has 1 N–H and O–H groups in total. The van der Waals surface area contributed by atoms with Crippen LogP contribution in [-0.2, 0) is 6.42 Å². The molecule has 1 aliphatic heterocycles. The molecule has 2 heterocycles. The van der Waals surface area contributed by atoms with E-state index in [9.17, 15) is 0 Å². The monoisotopic (exact) mass is 376 g/mol. The molecular formula is C23H24N2O3. The Balaban J connectivity index is 1.83. The smallest absolute Gasteiger partial charge is 0.161 e. The lowest BCUT2D eigenvalue weighted by Crippen LogP contribution is -2.34. The molecule has 0 fully saturated rings. The molecule has 144 valence electrons. The van der Waals surface area contributed by atoms with Crippen LogP contribution in [0.5, 0.6) is 17.2 Å². The van der Waals surface area contributed by atoms with Gasteiger partial charge in [-0.15, -0.1) is 0 Å². The van der Waals surface area contributed by atoms with Crippen molar-refractivity contribution in [3.05, 3.63) is 83.2 Å². The van der Waals surface area contributed by atoms with Gasteiger partial charge in [0.25, 0.3) is 0 Å². The van der Waals surface area contributed by atoms with Crippen LogP contribution in [0.25, 0.3) is 0 Å². The first-order chi connectivity index (χ1) is 13.7. The van der Waals surface area contributed by atoms with Crippen molar-refractivity contribution in [3.8, 4) is 17.2 Å². The number of pyridine rings is 1. The number of aromatic nitrogens is 1. The van der Waals surface area contributed by atoms with Crippen molar-refractivity contribution in [3.63, 3.8) is 0 Å². The van der Waals surface area contributed by atoms with Crippen LogP contribution in [0, 0.1) is 0 Å². The van der Waals surface area contributed by atoms with Crippen LogP contribution in [0.15, 0.2) is 60.9 Å². The lowest BCUT2D eigenvalue weighted by Gasteiger charge is -2.34. The largest absolute Gasteiger partial charge is 0.497 e. The fourth-order valence-electron chi connectivity index (χ4n) is 3.85. The van der Waals surface area contributed by atoms with E-state index < -0.39 is 0 Å². The van der Waals surface area contributed by atoms with E-state index in [2.05, 4.69) is 40.6 Å². The van der Waals surface area contributed by atoms with Gasteiger partial charge in [-0.25, -0.2) is 0 Å². The first-order valence-electron chi connectivity index (χ1n) is 9.28. The Morgan fingerprint density at radius 1 is 0.893 bits per heavy atom. The molecule has 3 aromatic rings. The van der Waals surface area contributed by atoms with Gasteiger partial charge in [0.15, 0.2) is 11.5 Å². The Kier molecular flexibility index (Phi) is 5.17. The predicted molar refractivity (Wildman–Crippen MR) is 108 cm³/mol. The Morgan fingerprint density at radius 3 is 2.39 bits per heavy atom. The SMILES string of the molecule is COc1cccc([C@@H]2N[C@H](c3cccnc3)Cc3cc(OC)c(OC)cc32)c1. The molecule has 1 aliphatic rings. The molecule has 0 spiro atoms. The number of fused-ring (bicyclic) bond motifs is 1. The van der Waals surface area contributed by atoms with Crippen molar-refractivity contribution in [1.82, 2.24) is 10.3 Å². The molecule has 0 bridgehead atoms.